The van der Waals surface area contributed by atoms with Gasteiger partial charge >= 0.3 is 0 Å². The highest BCUT2D eigenvalue weighted by molar-refractivity contribution is 5.98. The van der Waals surface area contributed by atoms with Crippen LogP contribution in [-0.4, -0.2) is 31.6 Å². The maximum atomic E-state index is 6.39. The number of benzene rings is 2. The first-order chi connectivity index (χ1) is 15.5. The van der Waals surface area contributed by atoms with E-state index < -0.39 is 0 Å². The Kier molecular flexibility index (Phi) is 8.74. The number of ether oxygens (including phenoxy) is 3. The van der Waals surface area contributed by atoms with Crippen molar-refractivity contribution in [1.82, 2.24) is 0 Å². The van der Waals surface area contributed by atoms with E-state index in [0.29, 0.717) is 13.2 Å². The summed E-state index contributed by atoms with van der Waals surface area (Å²) in [5.41, 5.74) is 5.28. The maximum absolute atomic E-state index is 6.39. The quantitative estimate of drug-likeness (QED) is 0.254. The molecule has 2 atom stereocenters. The minimum absolute atomic E-state index is 0.183. The molecule has 2 aromatic carbocycles. The monoisotopic (exact) mass is 437 g/mol. The lowest BCUT2D eigenvalue weighted by Gasteiger charge is -2.19. The first-order valence-corrected chi connectivity index (χ1v) is 11.3. The molecule has 0 heterocycles. The highest BCUT2D eigenvalue weighted by atomic mass is 16.6. The van der Waals surface area contributed by atoms with Gasteiger partial charge in [-0.3, -0.25) is 0 Å². The molecule has 2 unspecified atom stereocenters. The fourth-order valence-electron chi connectivity index (χ4n) is 3.99. The van der Waals surface area contributed by atoms with Gasteiger partial charge in [0, 0.05) is 6.42 Å². The molecule has 0 aliphatic heterocycles. The fourth-order valence-corrected chi connectivity index (χ4v) is 3.99. The summed E-state index contributed by atoms with van der Waals surface area (Å²) in [4.78, 5) is 4.84. The summed E-state index contributed by atoms with van der Waals surface area (Å²) in [7, 11) is 1.56. The lowest BCUT2D eigenvalue weighted by Crippen LogP contribution is -2.16. The molecule has 3 rings (SSSR count). The summed E-state index contributed by atoms with van der Waals surface area (Å²) >= 11 is 0. The predicted octanol–water partition coefficient (Wildman–Crippen LogP) is 6.15. The number of nitrogens with zero attached hydrogens (tertiary/aromatic N) is 1. The third-order valence-corrected chi connectivity index (χ3v) is 5.72. The van der Waals surface area contributed by atoms with Crippen LogP contribution in [0.1, 0.15) is 55.4 Å². The van der Waals surface area contributed by atoms with E-state index in [9.17, 15) is 0 Å². The average Bonchev–Trinajstić information content (AvgIpc) is 3.23. The molecule has 2 aromatic rings. The van der Waals surface area contributed by atoms with E-state index in [0.717, 1.165) is 58.7 Å². The zero-order valence-corrected chi connectivity index (χ0v) is 19.9. The third kappa shape index (κ3) is 6.60. The Morgan fingerprint density at radius 3 is 2.41 bits per heavy atom. The molecule has 0 N–H and O–H groups in total. The van der Waals surface area contributed by atoms with Gasteiger partial charge in [-0.25, -0.2) is 0 Å². The van der Waals surface area contributed by atoms with Gasteiger partial charge in [0.15, 0.2) is 0 Å². The Morgan fingerprint density at radius 1 is 1.06 bits per heavy atom. The number of hydrogen-bond acceptors (Lipinski definition) is 5. The van der Waals surface area contributed by atoms with Gasteiger partial charge in [0.1, 0.15) is 31.3 Å². The normalized spacial score (nSPS) is 18.8. The molecule has 0 spiro atoms. The molecule has 1 aliphatic rings. The van der Waals surface area contributed by atoms with Crippen molar-refractivity contribution in [2.24, 2.45) is 5.16 Å². The van der Waals surface area contributed by atoms with Crippen LogP contribution in [0.4, 0.5) is 0 Å². The summed E-state index contributed by atoms with van der Waals surface area (Å²) < 4.78 is 18.3. The second kappa shape index (κ2) is 11.7. The molecule has 1 aliphatic carbocycles. The van der Waals surface area contributed by atoms with E-state index >= 15 is 0 Å². The number of hydrogen-bond donors (Lipinski definition) is 0. The molecule has 0 radical (unpaired) electrons. The molecule has 0 aromatic heterocycles. The maximum Gasteiger partial charge on any atom is 0.125 e. The second-order valence-electron chi connectivity index (χ2n) is 8.31. The Morgan fingerprint density at radius 2 is 1.75 bits per heavy atom. The molecular formula is C27H35NO4. The van der Waals surface area contributed by atoms with Gasteiger partial charge in [-0.2, -0.15) is 0 Å². The van der Waals surface area contributed by atoms with Gasteiger partial charge in [0.25, 0.3) is 0 Å². The van der Waals surface area contributed by atoms with Crippen LogP contribution in [0.15, 0.2) is 53.7 Å². The molecule has 0 amide bonds. The second-order valence-corrected chi connectivity index (χ2v) is 8.31. The van der Waals surface area contributed by atoms with Gasteiger partial charge in [-0.05, 0) is 74.9 Å². The average molecular weight is 438 g/mol. The Bertz CT molecular complexity index is 910. The molecule has 5 nitrogen and oxygen atoms in total. The third-order valence-electron chi connectivity index (χ3n) is 5.72. The fraction of sp³-hybridized carbons (Fsp3) is 0.444. The minimum Gasteiger partial charge on any atom is -0.490 e. The van der Waals surface area contributed by atoms with E-state index in [1.807, 2.05) is 26.0 Å². The zero-order chi connectivity index (χ0) is 22.9. The van der Waals surface area contributed by atoms with Crippen LogP contribution in [0.25, 0.3) is 0 Å². The Hall–Kier alpha value is -2.79. The van der Waals surface area contributed by atoms with Crippen molar-refractivity contribution >= 4 is 5.71 Å². The van der Waals surface area contributed by atoms with E-state index in [4.69, 9.17) is 19.0 Å². The van der Waals surface area contributed by atoms with Crippen LogP contribution in [0, 0.1) is 13.8 Å². The van der Waals surface area contributed by atoms with Gasteiger partial charge < -0.3 is 19.0 Å². The number of aryl methyl sites for hydroxylation is 2. The Labute approximate surface area is 192 Å². The summed E-state index contributed by atoms with van der Waals surface area (Å²) in [5, 5.41) is 3.97. The first-order valence-electron chi connectivity index (χ1n) is 11.3. The first kappa shape index (κ1) is 23.9. The van der Waals surface area contributed by atoms with E-state index in [-0.39, 0.29) is 12.2 Å². The number of allylic oxidation sites excluding steroid dienone is 1. The molecular weight excluding hydrogens is 402 g/mol. The van der Waals surface area contributed by atoms with Crippen LogP contribution in [0.2, 0.25) is 0 Å². The van der Waals surface area contributed by atoms with Crippen LogP contribution >= 0.6 is 0 Å². The highest BCUT2D eigenvalue weighted by Crippen LogP contribution is 2.33. The van der Waals surface area contributed by atoms with Crippen molar-refractivity contribution in [2.45, 2.75) is 65.8 Å². The van der Waals surface area contributed by atoms with Crippen molar-refractivity contribution in [3.63, 3.8) is 0 Å². The summed E-state index contributed by atoms with van der Waals surface area (Å²) in [6.07, 6.45) is 7.33. The van der Waals surface area contributed by atoms with Gasteiger partial charge in [-0.1, -0.05) is 41.6 Å². The molecule has 172 valence electrons. The minimum atomic E-state index is 0.183. The Balaban J connectivity index is 1.50. The van der Waals surface area contributed by atoms with Crippen molar-refractivity contribution in [3.05, 3.63) is 70.8 Å². The van der Waals surface area contributed by atoms with Crippen molar-refractivity contribution in [1.29, 1.82) is 0 Å². The van der Waals surface area contributed by atoms with Crippen LogP contribution in [-0.2, 0) is 16.2 Å². The standard InChI is InChI=1S/C27H35NO4/c1-6-7-14-30-26-15-19(2)27(20(3)16-26)32-25-13-12-24(17-25)31-18-22-8-10-23(11-9-22)21(4)28-29-5/h6-11,15-16,24-25H,12-14,17-18H2,1-5H3/b7-6+,28-21-. The van der Waals surface area contributed by atoms with E-state index in [2.05, 4.69) is 55.4 Å². The van der Waals surface area contributed by atoms with Crippen molar-refractivity contribution in [2.75, 3.05) is 13.7 Å². The molecule has 0 saturated heterocycles. The summed E-state index contributed by atoms with van der Waals surface area (Å²) in [6, 6.07) is 12.4. The SMILES string of the molecule is C/C=C/COc1cc(C)c(OC2CCC(OCc3ccc(/C(C)=N\OC)cc3)C2)c(C)c1. The molecule has 0 bridgehead atoms. The highest BCUT2D eigenvalue weighted by Gasteiger charge is 2.27. The van der Waals surface area contributed by atoms with Gasteiger partial charge in [0.2, 0.25) is 0 Å². The summed E-state index contributed by atoms with van der Waals surface area (Å²) in [6.45, 7) is 9.27. The van der Waals surface area contributed by atoms with Crippen molar-refractivity contribution < 1.29 is 19.0 Å². The smallest absolute Gasteiger partial charge is 0.125 e. The van der Waals surface area contributed by atoms with Gasteiger partial charge in [-0.15, -0.1) is 0 Å². The molecule has 1 fully saturated rings. The van der Waals surface area contributed by atoms with Crippen LogP contribution in [0.5, 0.6) is 11.5 Å². The number of oxime groups is 1. The summed E-state index contributed by atoms with van der Waals surface area (Å²) in [5.74, 6) is 1.85. The topological polar surface area (TPSA) is 49.3 Å². The predicted molar refractivity (Wildman–Crippen MR) is 129 cm³/mol. The van der Waals surface area contributed by atoms with Gasteiger partial charge in [0.05, 0.1) is 18.4 Å². The zero-order valence-electron chi connectivity index (χ0n) is 19.9. The van der Waals surface area contributed by atoms with E-state index in [1.54, 1.807) is 7.11 Å². The van der Waals surface area contributed by atoms with Crippen LogP contribution in [0.3, 0.4) is 0 Å². The number of rotatable bonds is 10. The molecule has 32 heavy (non-hydrogen) atoms. The van der Waals surface area contributed by atoms with Crippen molar-refractivity contribution in [3.8, 4) is 11.5 Å². The molecule has 1 saturated carbocycles. The largest absolute Gasteiger partial charge is 0.490 e. The lowest BCUT2D eigenvalue weighted by molar-refractivity contribution is 0.0377. The van der Waals surface area contributed by atoms with E-state index in [1.165, 1.54) is 0 Å². The van der Waals surface area contributed by atoms with Crippen LogP contribution < -0.4 is 9.47 Å². The molecule has 5 heteroatoms. The lowest BCUT2D eigenvalue weighted by atomic mass is 10.1.